The van der Waals surface area contributed by atoms with Gasteiger partial charge in [0.2, 0.25) is 11.9 Å². The molecule has 0 spiro atoms. The van der Waals surface area contributed by atoms with Crippen LogP contribution in [0.1, 0.15) is 36.4 Å². The van der Waals surface area contributed by atoms with E-state index in [1.807, 2.05) is 41.3 Å². The van der Waals surface area contributed by atoms with Crippen molar-refractivity contribution in [2.75, 3.05) is 18.8 Å². The van der Waals surface area contributed by atoms with Crippen molar-refractivity contribution >= 4 is 11.9 Å². The van der Waals surface area contributed by atoms with E-state index in [1.54, 1.807) is 12.3 Å². The first-order chi connectivity index (χ1) is 14.6. The zero-order chi connectivity index (χ0) is 20.9. The number of likely N-dealkylation sites (tertiary alicyclic amines) is 1. The molecule has 1 saturated heterocycles. The van der Waals surface area contributed by atoms with Gasteiger partial charge in [0.15, 0.2) is 0 Å². The van der Waals surface area contributed by atoms with Gasteiger partial charge in [0.25, 0.3) is 0 Å². The van der Waals surface area contributed by atoms with Gasteiger partial charge >= 0.3 is 0 Å². The lowest BCUT2D eigenvalue weighted by atomic mass is 9.89. The Hall–Kier alpha value is -3.28. The zero-order valence-electron chi connectivity index (χ0n) is 16.8. The molecule has 30 heavy (non-hydrogen) atoms. The molecule has 6 heteroatoms. The van der Waals surface area contributed by atoms with Crippen molar-refractivity contribution in [3.63, 3.8) is 0 Å². The fourth-order valence-corrected chi connectivity index (χ4v) is 4.08. The predicted octanol–water partition coefficient (Wildman–Crippen LogP) is 4.20. The molecule has 0 saturated carbocycles. The van der Waals surface area contributed by atoms with E-state index in [4.69, 9.17) is 5.73 Å². The van der Waals surface area contributed by atoms with Crippen LogP contribution in [0.4, 0.5) is 10.3 Å². The van der Waals surface area contributed by atoms with E-state index in [1.165, 1.54) is 12.1 Å². The van der Waals surface area contributed by atoms with E-state index in [0.29, 0.717) is 13.0 Å². The number of halogens is 1. The maximum Gasteiger partial charge on any atom is 0.222 e. The molecule has 2 N–H and O–H groups in total. The number of benzene rings is 2. The second kappa shape index (κ2) is 9.03. The zero-order valence-corrected chi connectivity index (χ0v) is 16.8. The van der Waals surface area contributed by atoms with Gasteiger partial charge in [-0.05, 0) is 42.5 Å². The summed E-state index contributed by atoms with van der Waals surface area (Å²) in [7, 11) is 0. The van der Waals surface area contributed by atoms with Crippen LogP contribution < -0.4 is 5.73 Å². The lowest BCUT2D eigenvalue weighted by molar-refractivity contribution is -0.132. The smallest absolute Gasteiger partial charge is 0.222 e. The molecule has 154 valence electrons. The minimum Gasteiger partial charge on any atom is -0.368 e. The maximum atomic E-state index is 13.8. The molecule has 1 atom stereocenters. The first kappa shape index (κ1) is 20.0. The number of piperidine rings is 1. The molecular weight excluding hydrogens is 379 g/mol. The highest BCUT2D eigenvalue weighted by Crippen LogP contribution is 2.33. The number of nitrogens with zero attached hydrogens (tertiary/aromatic N) is 3. The van der Waals surface area contributed by atoms with E-state index < -0.39 is 0 Å². The molecule has 4 rings (SSSR count). The molecule has 3 aromatic rings. The lowest BCUT2D eigenvalue weighted by Gasteiger charge is -2.33. The number of carbonyl (C=O) groups is 1. The summed E-state index contributed by atoms with van der Waals surface area (Å²) in [5.41, 5.74) is 9.31. The Morgan fingerprint density at radius 3 is 2.80 bits per heavy atom. The largest absolute Gasteiger partial charge is 0.368 e. The number of hydrogen-bond acceptors (Lipinski definition) is 4. The standard InChI is InChI=1S/C24H25FN4O/c25-20-10-4-8-18(14-20)21-15-27-24(26)28-23(21)19-9-5-13-29(16-19)22(30)12-11-17-6-2-1-3-7-17/h1-4,6-8,10,14-15,19H,5,9,11-13,16H2,(H2,26,27,28). The number of hydrogen-bond donors (Lipinski definition) is 1. The van der Waals surface area contributed by atoms with Crippen molar-refractivity contribution in [2.24, 2.45) is 0 Å². The van der Waals surface area contributed by atoms with Gasteiger partial charge < -0.3 is 10.6 Å². The van der Waals surface area contributed by atoms with Crippen LogP contribution in [0, 0.1) is 5.82 Å². The fraction of sp³-hybridized carbons (Fsp3) is 0.292. The highest BCUT2D eigenvalue weighted by Gasteiger charge is 2.28. The molecule has 0 aliphatic carbocycles. The minimum atomic E-state index is -0.309. The van der Waals surface area contributed by atoms with Crippen molar-refractivity contribution < 1.29 is 9.18 Å². The number of rotatable bonds is 5. The molecule has 5 nitrogen and oxygen atoms in total. The third-order valence-electron chi connectivity index (χ3n) is 5.60. The second-order valence-electron chi connectivity index (χ2n) is 7.70. The topological polar surface area (TPSA) is 72.1 Å². The summed E-state index contributed by atoms with van der Waals surface area (Å²) in [6, 6.07) is 16.4. The molecule has 1 aliphatic rings. The van der Waals surface area contributed by atoms with Crippen LogP contribution in [0.2, 0.25) is 0 Å². The Labute approximate surface area is 175 Å². The van der Waals surface area contributed by atoms with Crippen LogP contribution >= 0.6 is 0 Å². The number of nitrogen functional groups attached to an aromatic ring is 1. The Kier molecular flexibility index (Phi) is 6.02. The third-order valence-corrected chi connectivity index (χ3v) is 5.60. The first-order valence-corrected chi connectivity index (χ1v) is 10.3. The summed E-state index contributed by atoms with van der Waals surface area (Å²) in [5.74, 6) is 0.0789. The first-order valence-electron chi connectivity index (χ1n) is 10.3. The van der Waals surface area contributed by atoms with Gasteiger partial charge in [-0.1, -0.05) is 42.5 Å². The molecule has 2 aromatic carbocycles. The van der Waals surface area contributed by atoms with Crippen molar-refractivity contribution in [1.29, 1.82) is 0 Å². The van der Waals surface area contributed by atoms with Crippen molar-refractivity contribution in [3.05, 3.63) is 77.9 Å². The van der Waals surface area contributed by atoms with Crippen molar-refractivity contribution in [1.82, 2.24) is 14.9 Å². The van der Waals surface area contributed by atoms with E-state index in [0.717, 1.165) is 48.2 Å². The second-order valence-corrected chi connectivity index (χ2v) is 7.70. The summed E-state index contributed by atoms with van der Waals surface area (Å²) >= 11 is 0. The van der Waals surface area contributed by atoms with Gasteiger partial charge in [-0.25, -0.2) is 14.4 Å². The van der Waals surface area contributed by atoms with Crippen molar-refractivity contribution in [2.45, 2.75) is 31.6 Å². The summed E-state index contributed by atoms with van der Waals surface area (Å²) in [6.07, 6.45) is 4.67. The summed E-state index contributed by atoms with van der Waals surface area (Å²) in [4.78, 5) is 23.4. The molecule has 1 amide bonds. The van der Waals surface area contributed by atoms with Gasteiger partial charge in [-0.3, -0.25) is 4.79 Å². The third kappa shape index (κ3) is 4.64. The Morgan fingerprint density at radius 1 is 1.17 bits per heavy atom. The monoisotopic (exact) mass is 404 g/mol. The lowest BCUT2D eigenvalue weighted by Crippen LogP contribution is -2.39. The molecule has 0 bridgehead atoms. The number of carbonyl (C=O) groups excluding carboxylic acids is 1. The van der Waals surface area contributed by atoms with E-state index >= 15 is 0 Å². The molecule has 0 radical (unpaired) electrons. The average molecular weight is 404 g/mol. The highest BCUT2D eigenvalue weighted by atomic mass is 19.1. The summed E-state index contributed by atoms with van der Waals surface area (Å²) in [6.45, 7) is 1.34. The number of aryl methyl sites for hydroxylation is 1. The molecule has 1 fully saturated rings. The number of nitrogens with two attached hydrogens (primary N) is 1. The molecular formula is C24H25FN4O. The Morgan fingerprint density at radius 2 is 2.00 bits per heavy atom. The number of aromatic nitrogens is 2. The molecule has 1 aliphatic heterocycles. The van der Waals surface area contributed by atoms with E-state index in [2.05, 4.69) is 9.97 Å². The Bertz CT molecular complexity index is 1020. The predicted molar refractivity (Wildman–Crippen MR) is 115 cm³/mol. The van der Waals surface area contributed by atoms with Crippen LogP contribution in [-0.4, -0.2) is 33.9 Å². The molecule has 1 unspecified atom stereocenters. The van der Waals surface area contributed by atoms with Crippen LogP contribution in [0.25, 0.3) is 11.1 Å². The Balaban J connectivity index is 1.52. The molecule has 2 heterocycles. The SMILES string of the molecule is Nc1ncc(-c2cccc(F)c2)c(C2CCCN(C(=O)CCc3ccccc3)C2)n1. The quantitative estimate of drug-likeness (QED) is 0.692. The number of anilines is 1. The summed E-state index contributed by atoms with van der Waals surface area (Å²) < 4.78 is 13.8. The van der Waals surface area contributed by atoms with E-state index in [9.17, 15) is 9.18 Å². The minimum absolute atomic E-state index is 0.0444. The fourth-order valence-electron chi connectivity index (χ4n) is 4.08. The van der Waals surface area contributed by atoms with Crippen molar-refractivity contribution in [3.8, 4) is 11.1 Å². The van der Waals surface area contributed by atoms with Gasteiger partial charge in [-0.2, -0.15) is 0 Å². The van der Waals surface area contributed by atoms with Crippen LogP contribution in [0.3, 0.4) is 0 Å². The summed E-state index contributed by atoms with van der Waals surface area (Å²) in [5, 5.41) is 0. The van der Waals surface area contributed by atoms with Gasteiger partial charge in [0, 0.05) is 37.2 Å². The van der Waals surface area contributed by atoms with Gasteiger partial charge in [0.1, 0.15) is 5.82 Å². The number of amides is 1. The van der Waals surface area contributed by atoms with E-state index in [-0.39, 0.29) is 23.6 Å². The van der Waals surface area contributed by atoms with Crippen LogP contribution in [0.15, 0.2) is 60.8 Å². The maximum absolute atomic E-state index is 13.8. The van der Waals surface area contributed by atoms with Gasteiger partial charge in [0.05, 0.1) is 5.69 Å². The van der Waals surface area contributed by atoms with Crippen LogP contribution in [-0.2, 0) is 11.2 Å². The average Bonchev–Trinajstić information content (AvgIpc) is 2.78. The molecule has 1 aromatic heterocycles. The van der Waals surface area contributed by atoms with Gasteiger partial charge in [-0.15, -0.1) is 0 Å². The van der Waals surface area contributed by atoms with Crippen LogP contribution in [0.5, 0.6) is 0 Å². The normalized spacial score (nSPS) is 16.4. The highest BCUT2D eigenvalue weighted by molar-refractivity contribution is 5.77.